The Morgan fingerprint density at radius 2 is 1.72 bits per heavy atom. The molecule has 3 rings (SSSR count). The lowest BCUT2D eigenvalue weighted by Crippen LogP contribution is -2.37. The van der Waals surface area contributed by atoms with E-state index >= 15 is 0 Å². The molecule has 1 aliphatic rings. The molecule has 1 heterocycles. The van der Waals surface area contributed by atoms with Crippen LogP contribution in [-0.4, -0.2) is 36.9 Å². The molecular formula is C21H29N3O4S. The maximum absolute atomic E-state index is 13.1. The summed E-state index contributed by atoms with van der Waals surface area (Å²) in [6.45, 7) is 8.90. The number of anilines is 1. The van der Waals surface area contributed by atoms with Crippen molar-refractivity contribution in [2.24, 2.45) is 11.8 Å². The van der Waals surface area contributed by atoms with Gasteiger partial charge in [0.1, 0.15) is 0 Å². The molecular weight excluding hydrogens is 390 g/mol. The molecule has 1 aliphatic carbocycles. The third-order valence-electron chi connectivity index (χ3n) is 4.83. The van der Waals surface area contributed by atoms with Crippen molar-refractivity contribution < 1.29 is 17.7 Å². The predicted molar refractivity (Wildman–Crippen MR) is 111 cm³/mol. The Bertz CT molecular complexity index is 952. The van der Waals surface area contributed by atoms with Gasteiger partial charge in [0, 0.05) is 24.2 Å². The van der Waals surface area contributed by atoms with E-state index in [9.17, 15) is 13.2 Å². The quantitative estimate of drug-likeness (QED) is 0.704. The molecule has 2 aromatic rings. The largest absolute Gasteiger partial charge is 0.338 e. The Morgan fingerprint density at radius 3 is 2.31 bits per heavy atom. The number of rotatable bonds is 8. The van der Waals surface area contributed by atoms with Crippen LogP contribution in [0.3, 0.4) is 0 Å². The second kappa shape index (κ2) is 8.67. The van der Waals surface area contributed by atoms with E-state index < -0.39 is 10.0 Å². The fraction of sp³-hybridized carbons (Fsp3) is 0.524. The molecule has 1 aromatic heterocycles. The number of carbonyl (C=O) groups is 1. The van der Waals surface area contributed by atoms with E-state index in [1.165, 1.54) is 28.6 Å². The van der Waals surface area contributed by atoms with E-state index in [1.54, 1.807) is 0 Å². The zero-order chi connectivity index (χ0) is 21.2. The van der Waals surface area contributed by atoms with Gasteiger partial charge in [-0.1, -0.05) is 32.9 Å². The first-order valence-electron chi connectivity index (χ1n) is 10.1. The van der Waals surface area contributed by atoms with E-state index in [2.05, 4.69) is 10.5 Å². The molecule has 0 radical (unpaired) electrons. The fourth-order valence-electron chi connectivity index (χ4n) is 3.52. The van der Waals surface area contributed by atoms with Crippen molar-refractivity contribution >= 4 is 21.8 Å². The van der Waals surface area contributed by atoms with Crippen LogP contribution in [0.2, 0.25) is 0 Å². The minimum atomic E-state index is -3.62. The highest BCUT2D eigenvalue weighted by molar-refractivity contribution is 7.89. The van der Waals surface area contributed by atoms with Gasteiger partial charge in [-0.3, -0.25) is 10.1 Å². The van der Waals surface area contributed by atoms with Crippen molar-refractivity contribution in [3.05, 3.63) is 41.1 Å². The minimum Gasteiger partial charge on any atom is -0.338 e. The van der Waals surface area contributed by atoms with Crippen molar-refractivity contribution in [2.45, 2.75) is 51.9 Å². The van der Waals surface area contributed by atoms with Crippen LogP contribution >= 0.6 is 0 Å². The highest BCUT2D eigenvalue weighted by atomic mass is 32.2. The standard InChI is InChI=1S/C21H29N3O4S/c1-14(2)12-24(13-15(3)4)29(26,27)17-10-8-16(9-11-17)20(25)22-21-18-6-5-7-19(18)23-28-21/h8-11,14-15H,5-7,12-13H2,1-4H3,(H,22,25). The Hall–Kier alpha value is -2.19. The average Bonchev–Trinajstić information content (AvgIpc) is 3.25. The molecule has 0 fully saturated rings. The normalized spacial score (nSPS) is 14.0. The van der Waals surface area contributed by atoms with E-state index in [4.69, 9.17) is 4.52 Å². The van der Waals surface area contributed by atoms with Crippen LogP contribution in [0.5, 0.6) is 0 Å². The lowest BCUT2D eigenvalue weighted by molar-refractivity contribution is 0.102. The summed E-state index contributed by atoms with van der Waals surface area (Å²) in [4.78, 5) is 12.7. The van der Waals surface area contributed by atoms with Crippen LogP contribution in [0.4, 0.5) is 5.88 Å². The van der Waals surface area contributed by atoms with E-state index in [1.807, 2.05) is 27.7 Å². The maximum Gasteiger partial charge on any atom is 0.258 e. The van der Waals surface area contributed by atoms with Crippen LogP contribution in [0.25, 0.3) is 0 Å². The average molecular weight is 420 g/mol. The summed E-state index contributed by atoms with van der Waals surface area (Å²) in [5, 5.41) is 6.73. The number of benzene rings is 1. The summed E-state index contributed by atoms with van der Waals surface area (Å²) in [5.41, 5.74) is 2.22. The molecule has 7 nitrogen and oxygen atoms in total. The molecule has 1 aromatic carbocycles. The van der Waals surface area contributed by atoms with Crippen molar-refractivity contribution in [3.8, 4) is 0 Å². The van der Waals surface area contributed by atoms with Crippen LogP contribution < -0.4 is 5.32 Å². The monoisotopic (exact) mass is 419 g/mol. The summed E-state index contributed by atoms with van der Waals surface area (Å²) in [7, 11) is -3.62. The van der Waals surface area contributed by atoms with Gasteiger partial charge >= 0.3 is 0 Å². The number of amides is 1. The number of aryl methyl sites for hydroxylation is 1. The zero-order valence-corrected chi connectivity index (χ0v) is 18.3. The third-order valence-corrected chi connectivity index (χ3v) is 6.67. The Labute approximate surface area is 172 Å². The second-order valence-electron chi connectivity index (χ2n) is 8.38. The van der Waals surface area contributed by atoms with Gasteiger partial charge in [0.15, 0.2) is 0 Å². The van der Waals surface area contributed by atoms with E-state index in [0.717, 1.165) is 30.5 Å². The first-order valence-corrected chi connectivity index (χ1v) is 11.5. The molecule has 29 heavy (non-hydrogen) atoms. The van der Waals surface area contributed by atoms with Crippen molar-refractivity contribution in [3.63, 3.8) is 0 Å². The molecule has 0 atom stereocenters. The van der Waals surface area contributed by atoms with Gasteiger partial charge in [0.25, 0.3) is 5.91 Å². The SMILES string of the molecule is CC(C)CN(CC(C)C)S(=O)(=O)c1ccc(C(=O)Nc2onc3c2CCC3)cc1. The highest BCUT2D eigenvalue weighted by Gasteiger charge is 2.26. The lowest BCUT2D eigenvalue weighted by atomic mass is 10.2. The van der Waals surface area contributed by atoms with E-state index in [-0.39, 0.29) is 22.6 Å². The smallest absolute Gasteiger partial charge is 0.258 e. The first-order chi connectivity index (χ1) is 13.7. The number of nitrogens with zero attached hydrogens (tertiary/aromatic N) is 2. The minimum absolute atomic E-state index is 0.191. The van der Waals surface area contributed by atoms with Crippen molar-refractivity contribution in [1.29, 1.82) is 0 Å². The molecule has 0 bridgehead atoms. The van der Waals surface area contributed by atoms with Gasteiger partial charge < -0.3 is 4.52 Å². The Balaban J connectivity index is 1.76. The summed E-state index contributed by atoms with van der Waals surface area (Å²) in [6.07, 6.45) is 2.71. The number of aromatic nitrogens is 1. The number of hydrogen-bond acceptors (Lipinski definition) is 5. The fourth-order valence-corrected chi connectivity index (χ4v) is 5.28. The summed E-state index contributed by atoms with van der Waals surface area (Å²) < 4.78 is 32.9. The van der Waals surface area contributed by atoms with Crippen molar-refractivity contribution in [1.82, 2.24) is 9.46 Å². The molecule has 0 saturated carbocycles. The number of fused-ring (bicyclic) bond motifs is 1. The molecule has 158 valence electrons. The number of nitrogens with one attached hydrogen (secondary N) is 1. The topological polar surface area (TPSA) is 92.5 Å². The Morgan fingerprint density at radius 1 is 1.10 bits per heavy atom. The van der Waals surface area contributed by atoms with Crippen LogP contribution in [-0.2, 0) is 22.9 Å². The second-order valence-corrected chi connectivity index (χ2v) is 10.3. The van der Waals surface area contributed by atoms with Gasteiger partial charge in [-0.25, -0.2) is 8.42 Å². The first kappa shape index (κ1) is 21.5. The predicted octanol–water partition coefficient (Wildman–Crippen LogP) is 3.72. The molecule has 8 heteroatoms. The molecule has 1 N–H and O–H groups in total. The van der Waals surface area contributed by atoms with Gasteiger partial charge in [0.05, 0.1) is 10.6 Å². The molecule has 1 amide bonds. The lowest BCUT2D eigenvalue weighted by Gasteiger charge is -2.25. The van der Waals surface area contributed by atoms with Gasteiger partial charge in [-0.05, 0) is 55.4 Å². The van der Waals surface area contributed by atoms with Gasteiger partial charge in [0.2, 0.25) is 15.9 Å². The Kier molecular flexibility index (Phi) is 6.43. The highest BCUT2D eigenvalue weighted by Crippen LogP contribution is 2.28. The summed E-state index contributed by atoms with van der Waals surface area (Å²) in [5.74, 6) is 0.481. The molecule has 0 aliphatic heterocycles. The molecule has 0 saturated heterocycles. The van der Waals surface area contributed by atoms with Gasteiger partial charge in [-0.2, -0.15) is 4.31 Å². The molecule has 0 spiro atoms. The number of hydrogen-bond donors (Lipinski definition) is 1. The number of carbonyl (C=O) groups excluding carboxylic acids is 1. The summed E-state index contributed by atoms with van der Waals surface area (Å²) in [6, 6.07) is 6.04. The van der Waals surface area contributed by atoms with E-state index in [0.29, 0.717) is 24.5 Å². The third kappa shape index (κ3) is 4.87. The van der Waals surface area contributed by atoms with Crippen molar-refractivity contribution in [2.75, 3.05) is 18.4 Å². The van der Waals surface area contributed by atoms with Crippen LogP contribution in [0, 0.1) is 11.8 Å². The van der Waals surface area contributed by atoms with Gasteiger partial charge in [-0.15, -0.1) is 0 Å². The number of sulfonamides is 1. The zero-order valence-electron chi connectivity index (χ0n) is 17.4. The van der Waals surface area contributed by atoms with Crippen LogP contribution in [0.1, 0.15) is 55.7 Å². The van der Waals surface area contributed by atoms with Crippen LogP contribution in [0.15, 0.2) is 33.7 Å². The maximum atomic E-state index is 13.1. The molecule has 0 unspecified atom stereocenters. The summed E-state index contributed by atoms with van der Waals surface area (Å²) >= 11 is 0.